The summed E-state index contributed by atoms with van der Waals surface area (Å²) in [6.45, 7) is 0. The van der Waals surface area contributed by atoms with Crippen molar-refractivity contribution in [3.63, 3.8) is 0 Å². The molecule has 1 saturated carbocycles. The molecule has 2 aliphatic rings. The minimum absolute atomic E-state index is 0.0489. The Hall–Kier alpha value is -2.00. The molecule has 3 atom stereocenters. The third-order valence-electron chi connectivity index (χ3n) is 5.43. The summed E-state index contributed by atoms with van der Waals surface area (Å²) < 4.78 is 27.1. The lowest BCUT2D eigenvalue weighted by Crippen LogP contribution is -2.47. The van der Waals surface area contributed by atoms with Crippen molar-refractivity contribution in [1.29, 1.82) is 0 Å². The number of carboxylic acid groups (broad SMARTS) is 1. The molecular formula is C17H22N2O6S. The molecule has 3 rings (SSSR count). The number of carboxylic acids is 1. The van der Waals surface area contributed by atoms with E-state index < -0.39 is 27.0 Å². The van der Waals surface area contributed by atoms with E-state index in [4.69, 9.17) is 0 Å². The van der Waals surface area contributed by atoms with E-state index in [-0.39, 0.29) is 29.8 Å². The van der Waals surface area contributed by atoms with Gasteiger partial charge in [-0.2, -0.15) is 4.31 Å². The Morgan fingerprint density at radius 3 is 2.50 bits per heavy atom. The van der Waals surface area contributed by atoms with E-state index in [0.717, 1.165) is 19.3 Å². The van der Waals surface area contributed by atoms with E-state index in [1.54, 1.807) is 0 Å². The maximum Gasteiger partial charge on any atom is 0.322 e. The number of fused-ring (bicyclic) bond motifs is 1. The fourth-order valence-corrected chi connectivity index (χ4v) is 6.12. The molecule has 1 aliphatic heterocycles. The third-order valence-corrected chi connectivity index (χ3v) is 7.32. The molecule has 2 fully saturated rings. The minimum Gasteiger partial charge on any atom is -0.480 e. The first-order valence-electron chi connectivity index (χ1n) is 8.77. The highest BCUT2D eigenvalue weighted by Crippen LogP contribution is 2.41. The number of hydrogen-bond donors (Lipinski definition) is 1. The molecule has 26 heavy (non-hydrogen) atoms. The van der Waals surface area contributed by atoms with Gasteiger partial charge in [0.1, 0.15) is 6.04 Å². The molecule has 1 aliphatic carbocycles. The number of carbonyl (C=O) groups is 1. The molecule has 9 heteroatoms. The normalized spacial score (nSPS) is 26.4. The van der Waals surface area contributed by atoms with Gasteiger partial charge in [-0.3, -0.25) is 14.9 Å². The van der Waals surface area contributed by atoms with Gasteiger partial charge in [-0.1, -0.05) is 25.0 Å². The van der Waals surface area contributed by atoms with Crippen molar-refractivity contribution >= 4 is 21.7 Å². The third kappa shape index (κ3) is 3.73. The Morgan fingerprint density at radius 1 is 1.23 bits per heavy atom. The van der Waals surface area contributed by atoms with Crippen LogP contribution >= 0.6 is 0 Å². The number of nitrogens with zero attached hydrogens (tertiary/aromatic N) is 2. The van der Waals surface area contributed by atoms with Crippen LogP contribution in [0.2, 0.25) is 0 Å². The van der Waals surface area contributed by atoms with Gasteiger partial charge in [-0.25, -0.2) is 8.42 Å². The van der Waals surface area contributed by atoms with Crippen molar-refractivity contribution in [3.05, 3.63) is 39.9 Å². The molecular weight excluding hydrogens is 360 g/mol. The maximum atomic E-state index is 12.9. The van der Waals surface area contributed by atoms with Crippen LogP contribution in [-0.2, 0) is 21.2 Å². The van der Waals surface area contributed by atoms with Crippen LogP contribution in [0.1, 0.15) is 37.7 Å². The van der Waals surface area contributed by atoms with Gasteiger partial charge in [0.25, 0.3) is 5.69 Å². The second kappa shape index (κ2) is 7.32. The van der Waals surface area contributed by atoms with Gasteiger partial charge in [-0.15, -0.1) is 0 Å². The average Bonchev–Trinajstić information content (AvgIpc) is 3.01. The van der Waals surface area contributed by atoms with Crippen LogP contribution in [0.3, 0.4) is 0 Å². The van der Waals surface area contributed by atoms with Crippen molar-refractivity contribution in [2.45, 2.75) is 50.6 Å². The first kappa shape index (κ1) is 18.8. The molecule has 1 aromatic carbocycles. The molecule has 0 amide bonds. The number of sulfonamides is 1. The van der Waals surface area contributed by atoms with E-state index >= 15 is 0 Å². The number of benzene rings is 1. The summed E-state index contributed by atoms with van der Waals surface area (Å²) in [4.78, 5) is 21.8. The second-order valence-electron chi connectivity index (χ2n) is 7.02. The van der Waals surface area contributed by atoms with E-state index in [1.165, 1.54) is 28.6 Å². The number of rotatable bonds is 6. The van der Waals surface area contributed by atoms with Gasteiger partial charge < -0.3 is 5.11 Å². The Labute approximate surface area is 152 Å². The average molecular weight is 382 g/mol. The van der Waals surface area contributed by atoms with Crippen molar-refractivity contribution in [1.82, 2.24) is 4.31 Å². The SMILES string of the molecule is O=C(O)C1CC2CCCCC2N1S(=O)(=O)CCc1ccc([N+](=O)[O-])cc1. The Kier molecular flexibility index (Phi) is 5.29. The van der Waals surface area contributed by atoms with Crippen molar-refractivity contribution < 1.29 is 23.2 Å². The van der Waals surface area contributed by atoms with Gasteiger partial charge in [0.15, 0.2) is 0 Å². The molecule has 0 bridgehead atoms. The van der Waals surface area contributed by atoms with Crippen LogP contribution < -0.4 is 0 Å². The summed E-state index contributed by atoms with van der Waals surface area (Å²) in [7, 11) is -3.73. The zero-order valence-electron chi connectivity index (χ0n) is 14.3. The molecule has 1 N–H and O–H groups in total. The molecule has 8 nitrogen and oxygen atoms in total. The van der Waals surface area contributed by atoms with E-state index in [0.29, 0.717) is 18.4 Å². The number of aliphatic carboxylic acids is 1. The number of hydrogen-bond acceptors (Lipinski definition) is 5. The van der Waals surface area contributed by atoms with E-state index in [9.17, 15) is 28.4 Å². The lowest BCUT2D eigenvalue weighted by molar-refractivity contribution is -0.384. The topological polar surface area (TPSA) is 118 Å². The molecule has 0 radical (unpaired) electrons. The number of aryl methyl sites for hydroxylation is 1. The quantitative estimate of drug-likeness (QED) is 0.595. The predicted octanol–water partition coefficient (Wildman–Crippen LogP) is 2.18. The molecule has 3 unspecified atom stereocenters. The lowest BCUT2D eigenvalue weighted by Gasteiger charge is -2.32. The number of nitro groups is 1. The standard InChI is InChI=1S/C17H22N2O6S/c20-17(21)16-11-13-3-1-2-4-15(13)18(16)26(24,25)10-9-12-5-7-14(8-6-12)19(22)23/h5-8,13,15-16H,1-4,9-11H2,(H,20,21). The van der Waals surface area contributed by atoms with Crippen LogP contribution in [0.4, 0.5) is 5.69 Å². The van der Waals surface area contributed by atoms with Gasteiger partial charge >= 0.3 is 5.97 Å². The summed E-state index contributed by atoms with van der Waals surface area (Å²) in [6.07, 6.45) is 4.11. The fourth-order valence-electron chi connectivity index (χ4n) is 4.17. The van der Waals surface area contributed by atoms with Crippen LogP contribution in [0.5, 0.6) is 0 Å². The largest absolute Gasteiger partial charge is 0.480 e. The summed E-state index contributed by atoms with van der Waals surface area (Å²) in [5.41, 5.74) is 0.623. The second-order valence-corrected chi connectivity index (χ2v) is 9.01. The van der Waals surface area contributed by atoms with Crippen molar-refractivity contribution in [2.75, 3.05) is 5.75 Å². The summed E-state index contributed by atoms with van der Waals surface area (Å²) in [5, 5.41) is 20.2. The van der Waals surface area contributed by atoms with Crippen molar-refractivity contribution in [2.24, 2.45) is 5.92 Å². The Morgan fingerprint density at radius 2 is 1.88 bits per heavy atom. The van der Waals surface area contributed by atoms with Gasteiger partial charge in [0, 0.05) is 18.2 Å². The highest BCUT2D eigenvalue weighted by molar-refractivity contribution is 7.89. The summed E-state index contributed by atoms with van der Waals surface area (Å²) in [5.74, 6) is -1.16. The molecule has 1 heterocycles. The Bertz CT molecular complexity index is 792. The minimum atomic E-state index is -3.73. The first-order chi connectivity index (χ1) is 12.3. The van der Waals surface area contributed by atoms with Gasteiger partial charge in [-0.05, 0) is 37.2 Å². The first-order valence-corrected chi connectivity index (χ1v) is 10.4. The van der Waals surface area contributed by atoms with Crippen LogP contribution in [0.15, 0.2) is 24.3 Å². The number of non-ortho nitro benzene ring substituents is 1. The summed E-state index contributed by atoms with van der Waals surface area (Å²) >= 11 is 0. The van der Waals surface area contributed by atoms with Gasteiger partial charge in [0.2, 0.25) is 10.0 Å². The zero-order valence-corrected chi connectivity index (χ0v) is 15.1. The monoisotopic (exact) mass is 382 g/mol. The molecule has 0 aromatic heterocycles. The van der Waals surface area contributed by atoms with Crippen LogP contribution in [-0.4, -0.2) is 46.6 Å². The molecule has 142 valence electrons. The van der Waals surface area contributed by atoms with Crippen molar-refractivity contribution in [3.8, 4) is 0 Å². The van der Waals surface area contributed by atoms with E-state index in [1.807, 2.05) is 0 Å². The number of nitro benzene ring substituents is 1. The van der Waals surface area contributed by atoms with E-state index in [2.05, 4.69) is 0 Å². The molecule has 1 aromatic rings. The fraction of sp³-hybridized carbons (Fsp3) is 0.588. The smallest absolute Gasteiger partial charge is 0.322 e. The van der Waals surface area contributed by atoms with Gasteiger partial charge in [0.05, 0.1) is 10.7 Å². The predicted molar refractivity (Wildman–Crippen MR) is 94.2 cm³/mol. The zero-order chi connectivity index (χ0) is 18.9. The Balaban J connectivity index is 1.75. The maximum absolute atomic E-state index is 12.9. The molecule has 1 saturated heterocycles. The summed E-state index contributed by atoms with van der Waals surface area (Å²) in [6, 6.07) is 4.56. The van der Waals surface area contributed by atoms with Crippen LogP contribution in [0.25, 0.3) is 0 Å². The highest BCUT2D eigenvalue weighted by atomic mass is 32.2. The van der Waals surface area contributed by atoms with Crippen LogP contribution in [0, 0.1) is 16.0 Å². The highest BCUT2D eigenvalue weighted by Gasteiger charge is 2.50. The molecule has 0 spiro atoms. The lowest BCUT2D eigenvalue weighted by atomic mass is 9.85.